The van der Waals surface area contributed by atoms with E-state index in [2.05, 4.69) is 47.3 Å². The Morgan fingerprint density at radius 1 is 1.33 bits per heavy atom. The van der Waals surface area contributed by atoms with Gasteiger partial charge in [-0.3, -0.25) is 4.99 Å². The van der Waals surface area contributed by atoms with Gasteiger partial charge in [-0.1, -0.05) is 6.08 Å². The summed E-state index contributed by atoms with van der Waals surface area (Å²) < 4.78 is 0. The number of rotatable bonds is 2. The Morgan fingerprint density at radius 3 is 2.87 bits per heavy atom. The Hall–Kier alpha value is -1.09. The highest BCUT2D eigenvalue weighted by Gasteiger charge is 2.09. The lowest BCUT2D eigenvalue weighted by Crippen LogP contribution is -2.28. The number of aliphatic imine (C=N–C) groups is 1. The van der Waals surface area contributed by atoms with E-state index in [4.69, 9.17) is 0 Å². The van der Waals surface area contributed by atoms with Crippen LogP contribution in [0, 0.1) is 0 Å². The molecule has 15 heavy (non-hydrogen) atoms. The molecule has 0 atom stereocenters. The molecule has 2 nitrogen and oxygen atoms in total. The van der Waals surface area contributed by atoms with Gasteiger partial charge in [-0.25, -0.2) is 0 Å². The van der Waals surface area contributed by atoms with Gasteiger partial charge >= 0.3 is 0 Å². The van der Waals surface area contributed by atoms with Gasteiger partial charge in [-0.2, -0.15) is 0 Å². The summed E-state index contributed by atoms with van der Waals surface area (Å²) in [7, 11) is 0. The first-order valence-corrected chi connectivity index (χ1v) is 6.27. The second kappa shape index (κ2) is 4.62. The molecule has 0 bridgehead atoms. The highest BCUT2D eigenvalue weighted by molar-refractivity contribution is 7.10. The van der Waals surface area contributed by atoms with Gasteiger partial charge in [0.1, 0.15) is 5.84 Å². The molecule has 2 rings (SSSR count). The van der Waals surface area contributed by atoms with Gasteiger partial charge in [-0.15, -0.1) is 11.3 Å². The molecular formula is C12H16N2S. The predicted octanol–water partition coefficient (Wildman–Crippen LogP) is 3.02. The molecule has 0 aliphatic carbocycles. The summed E-state index contributed by atoms with van der Waals surface area (Å²) in [5, 5.41) is 2.13. The van der Waals surface area contributed by atoms with E-state index >= 15 is 0 Å². The minimum atomic E-state index is 0.825. The number of fused-ring (bicyclic) bond motifs is 1. The van der Waals surface area contributed by atoms with Crippen molar-refractivity contribution >= 4 is 23.2 Å². The summed E-state index contributed by atoms with van der Waals surface area (Å²) >= 11 is 1.79. The summed E-state index contributed by atoms with van der Waals surface area (Å²) in [6.07, 6.45) is 4.31. The van der Waals surface area contributed by atoms with E-state index in [0.717, 1.165) is 25.5 Å². The van der Waals surface area contributed by atoms with Crippen LogP contribution < -0.4 is 0 Å². The molecule has 1 aromatic rings. The molecule has 1 aromatic heterocycles. The van der Waals surface area contributed by atoms with Crippen LogP contribution in [0.15, 0.2) is 22.5 Å². The number of amidine groups is 1. The molecule has 0 unspecified atom stereocenters. The minimum absolute atomic E-state index is 0.825. The smallest absolute Gasteiger partial charge is 0.123 e. The van der Waals surface area contributed by atoms with Crippen LogP contribution in [0.3, 0.4) is 0 Å². The first-order chi connectivity index (χ1) is 7.35. The standard InChI is InChI=1S/C12H16N2S/c1-3-14(4-2)12-6-5-10-7-8-15-11(10)9-13-12/h5-8H,3-4,9H2,1-2H3. The fourth-order valence-corrected chi connectivity index (χ4v) is 2.54. The lowest BCUT2D eigenvalue weighted by molar-refractivity contribution is 0.466. The molecule has 0 radical (unpaired) electrons. The van der Waals surface area contributed by atoms with Gasteiger partial charge in [0, 0.05) is 18.0 Å². The van der Waals surface area contributed by atoms with Crippen LogP contribution in [0.4, 0.5) is 0 Å². The predicted molar refractivity (Wildman–Crippen MR) is 67.4 cm³/mol. The summed E-state index contributed by atoms with van der Waals surface area (Å²) in [6, 6.07) is 2.16. The lowest BCUT2D eigenvalue weighted by atomic mass is 10.2. The molecule has 3 heteroatoms. The van der Waals surface area contributed by atoms with Crippen LogP contribution in [0.2, 0.25) is 0 Å². The Kier molecular flexibility index (Phi) is 3.21. The van der Waals surface area contributed by atoms with Gasteiger partial charge in [0.15, 0.2) is 0 Å². The van der Waals surface area contributed by atoms with Crippen molar-refractivity contribution in [1.82, 2.24) is 4.90 Å². The second-order valence-electron chi connectivity index (χ2n) is 3.48. The van der Waals surface area contributed by atoms with E-state index in [1.165, 1.54) is 10.4 Å². The van der Waals surface area contributed by atoms with Gasteiger partial charge in [0.05, 0.1) is 6.54 Å². The quantitative estimate of drug-likeness (QED) is 0.748. The molecule has 0 saturated heterocycles. The Balaban J connectivity index is 2.22. The van der Waals surface area contributed by atoms with Crippen LogP contribution >= 0.6 is 11.3 Å². The maximum atomic E-state index is 4.64. The fourth-order valence-electron chi connectivity index (χ4n) is 1.75. The fraction of sp³-hybridized carbons (Fsp3) is 0.417. The third kappa shape index (κ3) is 2.12. The van der Waals surface area contributed by atoms with E-state index in [0.29, 0.717) is 0 Å². The average Bonchev–Trinajstić information content (AvgIpc) is 2.62. The van der Waals surface area contributed by atoms with Crippen molar-refractivity contribution in [3.63, 3.8) is 0 Å². The average molecular weight is 220 g/mol. The van der Waals surface area contributed by atoms with Crippen LogP contribution in [0.1, 0.15) is 24.3 Å². The number of thiophene rings is 1. The Morgan fingerprint density at radius 2 is 2.13 bits per heavy atom. The van der Waals surface area contributed by atoms with E-state index in [9.17, 15) is 0 Å². The summed E-state index contributed by atoms with van der Waals surface area (Å²) in [4.78, 5) is 8.30. The lowest BCUT2D eigenvalue weighted by Gasteiger charge is -2.20. The molecule has 2 heterocycles. The molecular weight excluding hydrogens is 204 g/mol. The monoisotopic (exact) mass is 220 g/mol. The third-order valence-corrected chi connectivity index (χ3v) is 3.59. The van der Waals surface area contributed by atoms with E-state index in [1.807, 2.05) is 0 Å². The van der Waals surface area contributed by atoms with Crippen molar-refractivity contribution < 1.29 is 0 Å². The minimum Gasteiger partial charge on any atom is -0.357 e. The van der Waals surface area contributed by atoms with Gasteiger partial charge in [-0.05, 0) is 36.9 Å². The zero-order valence-corrected chi connectivity index (χ0v) is 10.0. The Bertz CT molecular complexity index is 386. The van der Waals surface area contributed by atoms with Crippen LogP contribution in [-0.4, -0.2) is 23.8 Å². The molecule has 0 fully saturated rings. The van der Waals surface area contributed by atoms with Crippen molar-refractivity contribution in [2.45, 2.75) is 20.4 Å². The van der Waals surface area contributed by atoms with Crippen LogP contribution in [-0.2, 0) is 6.54 Å². The summed E-state index contributed by atoms with van der Waals surface area (Å²) in [6.45, 7) is 7.20. The molecule has 0 amide bonds. The zero-order valence-electron chi connectivity index (χ0n) is 9.23. The normalized spacial score (nSPS) is 14.4. The summed E-state index contributed by atoms with van der Waals surface area (Å²) in [5.41, 5.74) is 1.32. The van der Waals surface area contributed by atoms with Crippen molar-refractivity contribution in [2.24, 2.45) is 4.99 Å². The molecule has 1 aliphatic rings. The highest BCUT2D eigenvalue weighted by Crippen LogP contribution is 2.21. The van der Waals surface area contributed by atoms with Gasteiger partial charge < -0.3 is 4.90 Å². The molecule has 1 aliphatic heterocycles. The molecule has 0 saturated carbocycles. The number of nitrogens with zero attached hydrogens (tertiary/aromatic N) is 2. The number of likely N-dealkylation sites (N-methyl/N-ethyl adjacent to an activating group) is 1. The first-order valence-electron chi connectivity index (χ1n) is 5.39. The van der Waals surface area contributed by atoms with Gasteiger partial charge in [0.2, 0.25) is 0 Å². The van der Waals surface area contributed by atoms with E-state index in [-0.39, 0.29) is 0 Å². The van der Waals surface area contributed by atoms with Crippen molar-refractivity contribution in [2.75, 3.05) is 13.1 Å². The van der Waals surface area contributed by atoms with E-state index < -0.39 is 0 Å². The molecule has 0 aromatic carbocycles. The SMILES string of the molecule is CCN(CC)C1=NCc2sccc2C=C1. The van der Waals surface area contributed by atoms with Gasteiger partial charge in [0.25, 0.3) is 0 Å². The van der Waals surface area contributed by atoms with Crippen molar-refractivity contribution in [1.29, 1.82) is 0 Å². The highest BCUT2D eigenvalue weighted by atomic mass is 32.1. The summed E-state index contributed by atoms with van der Waals surface area (Å²) in [5.74, 6) is 1.11. The third-order valence-electron chi connectivity index (χ3n) is 2.66. The largest absolute Gasteiger partial charge is 0.357 e. The second-order valence-corrected chi connectivity index (χ2v) is 4.48. The maximum Gasteiger partial charge on any atom is 0.123 e. The maximum absolute atomic E-state index is 4.64. The number of hydrogen-bond acceptors (Lipinski definition) is 3. The molecule has 0 N–H and O–H groups in total. The Labute approximate surface area is 95.0 Å². The van der Waals surface area contributed by atoms with Crippen molar-refractivity contribution in [3.05, 3.63) is 28.0 Å². The topological polar surface area (TPSA) is 15.6 Å². The van der Waals surface area contributed by atoms with Crippen molar-refractivity contribution in [3.8, 4) is 0 Å². The molecule has 80 valence electrons. The zero-order chi connectivity index (χ0) is 10.7. The first kappa shape index (κ1) is 10.4. The van der Waals surface area contributed by atoms with Crippen LogP contribution in [0.25, 0.3) is 6.08 Å². The molecule has 0 spiro atoms. The number of hydrogen-bond donors (Lipinski definition) is 0. The van der Waals surface area contributed by atoms with Crippen LogP contribution in [0.5, 0.6) is 0 Å². The van der Waals surface area contributed by atoms with E-state index in [1.54, 1.807) is 11.3 Å².